The first-order chi connectivity index (χ1) is 8.09. The van der Waals surface area contributed by atoms with Crippen LogP contribution in [0, 0.1) is 11.8 Å². The largest absolute Gasteiger partial charge is 0.379 e. The predicted octanol–water partition coefficient (Wildman–Crippen LogP) is 3.44. The van der Waals surface area contributed by atoms with Crippen molar-refractivity contribution in [2.24, 2.45) is 11.8 Å². The maximum absolute atomic E-state index is 6.04. The summed E-state index contributed by atoms with van der Waals surface area (Å²) in [5.41, 5.74) is -0.00848. The van der Waals surface area contributed by atoms with Gasteiger partial charge in [-0.2, -0.15) is 0 Å². The molecule has 1 saturated carbocycles. The Morgan fingerprint density at radius 3 is 2.47 bits per heavy atom. The number of alkyl halides is 1. The molecule has 0 aromatic rings. The Hall–Kier alpha value is 0.210. The standard InChI is InChI=1S/C14H28ClNO/c1-14(2,17-3)8-9-16-11-13-7-5-4-6-12(13)10-15/h12-13,16H,4-11H2,1-3H3. The van der Waals surface area contributed by atoms with Gasteiger partial charge in [-0.15, -0.1) is 11.6 Å². The van der Waals surface area contributed by atoms with E-state index in [4.69, 9.17) is 16.3 Å². The number of rotatable bonds is 7. The van der Waals surface area contributed by atoms with Crippen molar-refractivity contribution >= 4 is 11.6 Å². The summed E-state index contributed by atoms with van der Waals surface area (Å²) in [7, 11) is 1.78. The SMILES string of the molecule is COC(C)(C)CCNCC1CCCCC1CCl. The van der Waals surface area contributed by atoms with Crippen molar-refractivity contribution < 1.29 is 4.74 Å². The molecule has 1 fully saturated rings. The molecule has 0 bridgehead atoms. The normalized spacial score (nSPS) is 26.1. The van der Waals surface area contributed by atoms with Gasteiger partial charge in [0.05, 0.1) is 5.60 Å². The highest BCUT2D eigenvalue weighted by molar-refractivity contribution is 6.18. The van der Waals surface area contributed by atoms with Gasteiger partial charge in [0, 0.05) is 13.0 Å². The molecule has 1 aliphatic carbocycles. The smallest absolute Gasteiger partial charge is 0.0634 e. The second-order valence-electron chi connectivity index (χ2n) is 5.88. The molecular weight excluding hydrogens is 234 g/mol. The van der Waals surface area contributed by atoms with Crippen LogP contribution < -0.4 is 5.32 Å². The molecule has 102 valence electrons. The van der Waals surface area contributed by atoms with E-state index in [0.717, 1.165) is 37.2 Å². The zero-order valence-corrected chi connectivity index (χ0v) is 12.4. The van der Waals surface area contributed by atoms with Crippen molar-refractivity contribution in [3.63, 3.8) is 0 Å². The van der Waals surface area contributed by atoms with E-state index in [1.54, 1.807) is 7.11 Å². The van der Waals surface area contributed by atoms with Crippen LogP contribution in [0.5, 0.6) is 0 Å². The highest BCUT2D eigenvalue weighted by Crippen LogP contribution is 2.30. The molecule has 1 rings (SSSR count). The van der Waals surface area contributed by atoms with Crippen LogP contribution in [-0.2, 0) is 4.74 Å². The zero-order valence-electron chi connectivity index (χ0n) is 11.6. The van der Waals surface area contributed by atoms with Crippen LogP contribution in [0.3, 0.4) is 0 Å². The fourth-order valence-electron chi connectivity index (χ4n) is 2.54. The number of ether oxygens (including phenoxy) is 1. The van der Waals surface area contributed by atoms with Crippen LogP contribution in [0.1, 0.15) is 46.0 Å². The van der Waals surface area contributed by atoms with Crippen LogP contribution in [-0.4, -0.2) is 31.7 Å². The van der Waals surface area contributed by atoms with Crippen molar-refractivity contribution in [2.75, 3.05) is 26.1 Å². The lowest BCUT2D eigenvalue weighted by atomic mass is 9.80. The number of methoxy groups -OCH3 is 1. The van der Waals surface area contributed by atoms with Gasteiger partial charge >= 0.3 is 0 Å². The molecule has 1 aliphatic rings. The lowest BCUT2D eigenvalue weighted by Gasteiger charge is -2.31. The van der Waals surface area contributed by atoms with Crippen molar-refractivity contribution in [1.82, 2.24) is 5.32 Å². The molecule has 0 aliphatic heterocycles. The van der Waals surface area contributed by atoms with Crippen LogP contribution in [0.2, 0.25) is 0 Å². The van der Waals surface area contributed by atoms with Gasteiger partial charge < -0.3 is 10.1 Å². The van der Waals surface area contributed by atoms with Gasteiger partial charge in [0.2, 0.25) is 0 Å². The average molecular weight is 262 g/mol. The van der Waals surface area contributed by atoms with E-state index in [2.05, 4.69) is 19.2 Å². The summed E-state index contributed by atoms with van der Waals surface area (Å²) in [6, 6.07) is 0. The molecule has 0 heterocycles. The monoisotopic (exact) mass is 261 g/mol. The molecule has 0 aromatic carbocycles. The first-order valence-corrected chi connectivity index (χ1v) is 7.44. The Balaban J connectivity index is 2.16. The van der Waals surface area contributed by atoms with E-state index in [9.17, 15) is 0 Å². The quantitative estimate of drug-likeness (QED) is 0.560. The van der Waals surface area contributed by atoms with E-state index >= 15 is 0 Å². The van der Waals surface area contributed by atoms with E-state index in [-0.39, 0.29) is 5.60 Å². The average Bonchev–Trinajstić information content (AvgIpc) is 2.35. The number of hydrogen-bond acceptors (Lipinski definition) is 2. The van der Waals surface area contributed by atoms with Crippen LogP contribution in [0.15, 0.2) is 0 Å². The molecule has 0 aromatic heterocycles. The molecule has 17 heavy (non-hydrogen) atoms. The van der Waals surface area contributed by atoms with Crippen molar-refractivity contribution in [1.29, 1.82) is 0 Å². The van der Waals surface area contributed by atoms with Gasteiger partial charge in [0.1, 0.15) is 0 Å². The van der Waals surface area contributed by atoms with Crippen LogP contribution in [0.4, 0.5) is 0 Å². The van der Waals surface area contributed by atoms with Gasteiger partial charge in [-0.25, -0.2) is 0 Å². The van der Waals surface area contributed by atoms with Gasteiger partial charge in [0.15, 0.2) is 0 Å². The Morgan fingerprint density at radius 1 is 1.24 bits per heavy atom. The molecule has 0 saturated heterocycles. The molecule has 2 atom stereocenters. The summed E-state index contributed by atoms with van der Waals surface area (Å²) in [5.74, 6) is 2.34. The maximum Gasteiger partial charge on any atom is 0.0634 e. The minimum absolute atomic E-state index is 0.00848. The minimum atomic E-state index is -0.00848. The van der Waals surface area contributed by atoms with Gasteiger partial charge in [-0.05, 0) is 58.0 Å². The Kier molecular flexibility index (Phi) is 6.83. The molecule has 0 spiro atoms. The van der Waals surface area contributed by atoms with E-state index in [1.807, 2.05) is 0 Å². The predicted molar refractivity (Wildman–Crippen MR) is 74.7 cm³/mol. The molecule has 0 amide bonds. The topological polar surface area (TPSA) is 21.3 Å². The summed E-state index contributed by atoms with van der Waals surface area (Å²) >= 11 is 6.04. The Labute approximate surface area is 111 Å². The van der Waals surface area contributed by atoms with Gasteiger partial charge in [-0.1, -0.05) is 12.8 Å². The van der Waals surface area contributed by atoms with Gasteiger partial charge in [0.25, 0.3) is 0 Å². The molecule has 2 nitrogen and oxygen atoms in total. The van der Waals surface area contributed by atoms with E-state index < -0.39 is 0 Å². The van der Waals surface area contributed by atoms with Crippen molar-refractivity contribution in [3.05, 3.63) is 0 Å². The molecular formula is C14H28ClNO. The Bertz CT molecular complexity index is 208. The van der Waals surface area contributed by atoms with Gasteiger partial charge in [-0.3, -0.25) is 0 Å². The first-order valence-electron chi connectivity index (χ1n) is 6.91. The molecule has 3 heteroatoms. The van der Waals surface area contributed by atoms with Crippen LogP contribution in [0.25, 0.3) is 0 Å². The first kappa shape index (κ1) is 15.3. The second-order valence-corrected chi connectivity index (χ2v) is 6.19. The van der Waals surface area contributed by atoms with Crippen molar-refractivity contribution in [2.45, 2.75) is 51.6 Å². The Morgan fingerprint density at radius 2 is 1.88 bits per heavy atom. The maximum atomic E-state index is 6.04. The molecule has 2 unspecified atom stereocenters. The summed E-state index contributed by atoms with van der Waals surface area (Å²) in [6.45, 7) is 6.43. The third-order valence-corrected chi connectivity index (χ3v) is 4.52. The second kappa shape index (κ2) is 7.60. The number of hydrogen-bond donors (Lipinski definition) is 1. The zero-order chi connectivity index (χ0) is 12.7. The highest BCUT2D eigenvalue weighted by atomic mass is 35.5. The van der Waals surface area contributed by atoms with E-state index in [0.29, 0.717) is 0 Å². The van der Waals surface area contributed by atoms with Crippen LogP contribution >= 0.6 is 11.6 Å². The lowest BCUT2D eigenvalue weighted by molar-refractivity contribution is 0.0155. The highest BCUT2D eigenvalue weighted by Gasteiger charge is 2.24. The fourth-order valence-corrected chi connectivity index (χ4v) is 2.94. The summed E-state index contributed by atoms with van der Waals surface area (Å²) in [6.07, 6.45) is 6.47. The third kappa shape index (κ3) is 5.58. The summed E-state index contributed by atoms with van der Waals surface area (Å²) < 4.78 is 5.41. The molecule has 1 N–H and O–H groups in total. The minimum Gasteiger partial charge on any atom is -0.379 e. The summed E-state index contributed by atoms with van der Waals surface area (Å²) in [4.78, 5) is 0. The molecule has 0 radical (unpaired) electrons. The number of nitrogens with one attached hydrogen (secondary N) is 1. The third-order valence-electron chi connectivity index (χ3n) is 4.13. The lowest BCUT2D eigenvalue weighted by Crippen LogP contribution is -2.34. The summed E-state index contributed by atoms with van der Waals surface area (Å²) in [5, 5.41) is 3.57. The van der Waals surface area contributed by atoms with E-state index in [1.165, 1.54) is 25.7 Å². The van der Waals surface area contributed by atoms with Crippen molar-refractivity contribution in [3.8, 4) is 0 Å². The fraction of sp³-hybridized carbons (Fsp3) is 1.00. The number of halogens is 1.